The second kappa shape index (κ2) is 12.5. The molecule has 0 aliphatic carbocycles. The van der Waals surface area contributed by atoms with Gasteiger partial charge in [-0.25, -0.2) is 18.7 Å². The Morgan fingerprint density at radius 2 is 1.95 bits per heavy atom. The number of carbonyl (C=O) groups excluding carboxylic acids is 1. The fraction of sp³-hybridized carbons (Fsp3) is 0.346. The van der Waals surface area contributed by atoms with Crippen LogP contribution in [0.2, 0.25) is 0 Å². The summed E-state index contributed by atoms with van der Waals surface area (Å²) < 4.78 is 45.9. The number of ether oxygens (including phenoxy) is 2. The summed E-state index contributed by atoms with van der Waals surface area (Å²) in [5.41, 5.74) is 1.79. The van der Waals surface area contributed by atoms with Crippen LogP contribution in [0.5, 0.6) is 0 Å². The van der Waals surface area contributed by atoms with E-state index in [1.807, 2.05) is 0 Å². The molecule has 1 aliphatic heterocycles. The number of benzene rings is 1. The van der Waals surface area contributed by atoms with Gasteiger partial charge >= 0.3 is 5.97 Å². The topological polar surface area (TPSA) is 120 Å². The van der Waals surface area contributed by atoms with Crippen molar-refractivity contribution < 1.29 is 27.6 Å². The third kappa shape index (κ3) is 6.81. The number of morpholine rings is 1. The molecule has 13 heteroatoms. The largest absolute Gasteiger partial charge is 0.464 e. The number of esters is 1. The highest BCUT2D eigenvalue weighted by Gasteiger charge is 2.18. The van der Waals surface area contributed by atoms with E-state index in [1.54, 1.807) is 35.0 Å². The van der Waals surface area contributed by atoms with E-state index in [0.717, 1.165) is 19.3 Å². The first-order valence-corrected chi connectivity index (χ1v) is 12.5. The lowest BCUT2D eigenvalue weighted by Gasteiger charge is -2.26. The Kier molecular flexibility index (Phi) is 8.48. The van der Waals surface area contributed by atoms with Crippen LogP contribution in [-0.2, 0) is 20.8 Å². The molecule has 0 amide bonds. The minimum Gasteiger partial charge on any atom is -0.464 e. The van der Waals surface area contributed by atoms with Gasteiger partial charge < -0.3 is 19.3 Å². The third-order valence-corrected chi connectivity index (χ3v) is 6.13. The Labute approximate surface area is 222 Å². The van der Waals surface area contributed by atoms with Crippen molar-refractivity contribution in [1.29, 1.82) is 0 Å². The van der Waals surface area contributed by atoms with Crippen LogP contribution in [0.25, 0.3) is 22.9 Å². The number of halogens is 2. The summed E-state index contributed by atoms with van der Waals surface area (Å²) in [5.74, 6) is -1.38. The average molecular weight is 540 g/mol. The van der Waals surface area contributed by atoms with Crippen LogP contribution in [0.4, 0.5) is 14.6 Å². The van der Waals surface area contributed by atoms with E-state index >= 15 is 0 Å². The van der Waals surface area contributed by atoms with Gasteiger partial charge in [0.1, 0.15) is 30.1 Å². The van der Waals surface area contributed by atoms with Crippen molar-refractivity contribution in [2.45, 2.75) is 13.0 Å². The summed E-state index contributed by atoms with van der Waals surface area (Å²) in [7, 11) is 0. The zero-order valence-electron chi connectivity index (χ0n) is 21.1. The van der Waals surface area contributed by atoms with Crippen LogP contribution >= 0.6 is 0 Å². The maximum absolute atomic E-state index is 14.4. The van der Waals surface area contributed by atoms with Crippen LogP contribution in [0, 0.1) is 11.6 Å². The van der Waals surface area contributed by atoms with Crippen LogP contribution in [-0.4, -0.2) is 81.8 Å². The summed E-state index contributed by atoms with van der Waals surface area (Å²) in [6, 6.07) is 9.69. The molecule has 1 fully saturated rings. The Morgan fingerprint density at radius 3 is 2.74 bits per heavy atom. The number of nitrogens with zero attached hydrogens (tertiary/aromatic N) is 6. The summed E-state index contributed by atoms with van der Waals surface area (Å²) in [6.45, 7) is 4.16. The van der Waals surface area contributed by atoms with Crippen molar-refractivity contribution in [3.63, 3.8) is 0 Å². The molecule has 1 saturated heterocycles. The second-order valence-electron chi connectivity index (χ2n) is 8.79. The standard InChI is InChI=1S/C26H27F2N7O4/c27-19-4-2-1-3-18(19)17-35-23(21-6-11-39-33-21)15-22(32-35)26-30-16-20(28)25(31-26)29-7-5-24(36)38-14-10-34-8-12-37-13-9-34/h1-4,6,11,15-16H,5,7-10,12-14,17H2,(H,29,30,31). The molecule has 204 valence electrons. The first kappa shape index (κ1) is 26.4. The van der Waals surface area contributed by atoms with Crippen molar-refractivity contribution in [3.05, 3.63) is 66.1 Å². The van der Waals surface area contributed by atoms with Crippen LogP contribution < -0.4 is 5.32 Å². The van der Waals surface area contributed by atoms with E-state index in [2.05, 4.69) is 30.4 Å². The van der Waals surface area contributed by atoms with E-state index in [9.17, 15) is 13.6 Å². The van der Waals surface area contributed by atoms with Crippen molar-refractivity contribution in [3.8, 4) is 22.9 Å². The van der Waals surface area contributed by atoms with Crippen LogP contribution in [0.1, 0.15) is 12.0 Å². The highest BCUT2D eigenvalue weighted by Crippen LogP contribution is 2.26. The Balaban J connectivity index is 1.24. The van der Waals surface area contributed by atoms with Crippen molar-refractivity contribution in [2.24, 2.45) is 0 Å². The van der Waals surface area contributed by atoms with Gasteiger partial charge in [0.05, 0.1) is 38.1 Å². The van der Waals surface area contributed by atoms with Crippen molar-refractivity contribution in [2.75, 3.05) is 51.3 Å². The summed E-state index contributed by atoms with van der Waals surface area (Å²) in [6.07, 6.45) is 2.48. The predicted octanol–water partition coefficient (Wildman–Crippen LogP) is 3.00. The molecule has 11 nitrogen and oxygen atoms in total. The van der Waals surface area contributed by atoms with E-state index in [4.69, 9.17) is 14.0 Å². The summed E-state index contributed by atoms with van der Waals surface area (Å²) in [5, 5.41) is 11.3. The molecule has 3 aromatic heterocycles. The molecule has 1 aromatic carbocycles. The molecule has 0 atom stereocenters. The molecular weight excluding hydrogens is 512 g/mol. The van der Waals surface area contributed by atoms with Gasteiger partial charge in [-0.05, 0) is 12.1 Å². The van der Waals surface area contributed by atoms with Gasteiger partial charge in [-0.1, -0.05) is 23.4 Å². The normalized spacial score (nSPS) is 13.9. The van der Waals surface area contributed by atoms with Crippen LogP contribution in [0.15, 0.2) is 53.4 Å². The lowest BCUT2D eigenvalue weighted by molar-refractivity contribution is -0.144. The fourth-order valence-electron chi connectivity index (χ4n) is 4.07. The molecule has 4 heterocycles. The van der Waals surface area contributed by atoms with Gasteiger partial charge in [0.2, 0.25) is 0 Å². The molecule has 1 N–H and O–H groups in total. The molecule has 0 radical (unpaired) electrons. The zero-order valence-corrected chi connectivity index (χ0v) is 21.1. The molecule has 0 spiro atoms. The fourth-order valence-corrected chi connectivity index (χ4v) is 4.07. The number of carbonyl (C=O) groups is 1. The molecular formula is C26H27F2N7O4. The van der Waals surface area contributed by atoms with E-state index < -0.39 is 11.8 Å². The van der Waals surface area contributed by atoms with Crippen molar-refractivity contribution in [1.82, 2.24) is 29.8 Å². The Morgan fingerprint density at radius 1 is 1.10 bits per heavy atom. The van der Waals surface area contributed by atoms with Crippen molar-refractivity contribution >= 4 is 11.8 Å². The molecule has 0 unspecified atom stereocenters. The average Bonchev–Trinajstić information content (AvgIpc) is 3.62. The molecule has 0 bridgehead atoms. The molecule has 39 heavy (non-hydrogen) atoms. The predicted molar refractivity (Wildman–Crippen MR) is 136 cm³/mol. The smallest absolute Gasteiger partial charge is 0.307 e. The number of nitrogens with one attached hydrogen (secondary N) is 1. The Bertz CT molecular complexity index is 1390. The SMILES string of the molecule is O=C(CCNc1nc(-c2cc(-c3ccon3)n(Cc3ccccc3F)n2)ncc1F)OCCN1CCOCC1. The molecule has 1 aliphatic rings. The maximum atomic E-state index is 14.4. The molecule has 4 aromatic rings. The minimum atomic E-state index is -0.679. The van der Waals surface area contributed by atoms with Gasteiger partial charge in [-0.15, -0.1) is 0 Å². The van der Waals surface area contributed by atoms with E-state index in [1.165, 1.54) is 12.3 Å². The lowest BCUT2D eigenvalue weighted by Crippen LogP contribution is -2.38. The Hall–Kier alpha value is -4.23. The van der Waals surface area contributed by atoms with E-state index in [0.29, 0.717) is 42.4 Å². The third-order valence-electron chi connectivity index (χ3n) is 6.13. The molecule has 5 rings (SSSR count). The highest BCUT2D eigenvalue weighted by molar-refractivity contribution is 5.70. The number of hydrogen-bond donors (Lipinski definition) is 1. The highest BCUT2D eigenvalue weighted by atomic mass is 19.1. The zero-order chi connectivity index (χ0) is 27.0. The maximum Gasteiger partial charge on any atom is 0.307 e. The first-order chi connectivity index (χ1) is 19.1. The number of hydrogen-bond acceptors (Lipinski definition) is 10. The second-order valence-corrected chi connectivity index (χ2v) is 8.79. The molecule has 0 saturated carbocycles. The summed E-state index contributed by atoms with van der Waals surface area (Å²) in [4.78, 5) is 22.6. The van der Waals surface area contributed by atoms with E-state index in [-0.39, 0.29) is 43.6 Å². The van der Waals surface area contributed by atoms with Gasteiger partial charge in [0.15, 0.2) is 17.5 Å². The van der Waals surface area contributed by atoms with Gasteiger partial charge in [-0.3, -0.25) is 14.4 Å². The van der Waals surface area contributed by atoms with Crippen LogP contribution in [0.3, 0.4) is 0 Å². The number of aromatic nitrogens is 5. The lowest BCUT2D eigenvalue weighted by atomic mass is 10.2. The quantitative estimate of drug-likeness (QED) is 0.285. The van der Waals surface area contributed by atoms with Gasteiger partial charge in [-0.2, -0.15) is 5.10 Å². The first-order valence-electron chi connectivity index (χ1n) is 12.5. The minimum absolute atomic E-state index is 0.0372. The van der Waals surface area contributed by atoms with Gasteiger partial charge in [0.25, 0.3) is 0 Å². The monoisotopic (exact) mass is 539 g/mol. The summed E-state index contributed by atoms with van der Waals surface area (Å²) >= 11 is 0. The number of rotatable bonds is 11. The number of anilines is 1. The van der Waals surface area contributed by atoms with Gasteiger partial charge in [0, 0.05) is 37.8 Å².